The van der Waals surface area contributed by atoms with E-state index in [4.69, 9.17) is 28.2 Å². The fourth-order valence-corrected chi connectivity index (χ4v) is 4.61. The van der Waals surface area contributed by atoms with Crippen molar-refractivity contribution in [2.75, 3.05) is 46.3 Å². The predicted octanol–water partition coefficient (Wildman–Crippen LogP) is 3.85. The van der Waals surface area contributed by atoms with Gasteiger partial charge in [0.05, 0.1) is 10.0 Å². The van der Waals surface area contributed by atoms with E-state index in [0.29, 0.717) is 22.0 Å². The minimum absolute atomic E-state index is 0.479. The molecule has 0 amide bonds. The number of nitrogens with zero attached hydrogens (tertiary/aromatic N) is 3. The lowest BCUT2D eigenvalue weighted by atomic mass is 9.99. The molecule has 2 N–H and O–H groups in total. The zero-order valence-electron chi connectivity index (χ0n) is 17.8. The zero-order valence-corrected chi connectivity index (χ0v) is 19.3. The number of piperidine rings is 2. The van der Waals surface area contributed by atoms with Crippen molar-refractivity contribution in [2.45, 2.75) is 45.2 Å². The Labute approximate surface area is 185 Å². The van der Waals surface area contributed by atoms with Gasteiger partial charge in [-0.25, -0.2) is 0 Å². The van der Waals surface area contributed by atoms with E-state index in [2.05, 4.69) is 40.5 Å². The minimum Gasteiger partial charge on any atom is -0.357 e. The fourth-order valence-electron chi connectivity index (χ4n) is 4.29. The van der Waals surface area contributed by atoms with Crippen LogP contribution in [0.4, 0.5) is 0 Å². The highest BCUT2D eigenvalue weighted by Gasteiger charge is 2.21. The maximum atomic E-state index is 6.15. The highest BCUT2D eigenvalue weighted by Crippen LogP contribution is 2.24. The van der Waals surface area contributed by atoms with Crippen molar-refractivity contribution in [1.29, 1.82) is 0 Å². The molecule has 0 spiro atoms. The van der Waals surface area contributed by atoms with Gasteiger partial charge in [0, 0.05) is 45.3 Å². The number of likely N-dealkylation sites (tertiary alicyclic amines) is 2. The van der Waals surface area contributed by atoms with Crippen LogP contribution in [0.2, 0.25) is 10.0 Å². The van der Waals surface area contributed by atoms with Crippen LogP contribution in [0, 0.1) is 5.92 Å². The molecule has 162 valence electrons. The minimum atomic E-state index is 0.479. The van der Waals surface area contributed by atoms with Gasteiger partial charge in [0.25, 0.3) is 0 Å². The van der Waals surface area contributed by atoms with Gasteiger partial charge in [0.1, 0.15) is 0 Å². The third kappa shape index (κ3) is 7.32. The van der Waals surface area contributed by atoms with Crippen molar-refractivity contribution < 1.29 is 0 Å². The van der Waals surface area contributed by atoms with Crippen LogP contribution in [0.25, 0.3) is 0 Å². The fraction of sp³-hybridized carbons (Fsp3) is 0.682. The van der Waals surface area contributed by atoms with Gasteiger partial charge in [0.2, 0.25) is 0 Å². The molecule has 0 aromatic heterocycles. The number of benzene rings is 1. The first-order valence-electron chi connectivity index (χ1n) is 10.9. The summed E-state index contributed by atoms with van der Waals surface area (Å²) in [4.78, 5) is 9.81. The van der Waals surface area contributed by atoms with Crippen molar-refractivity contribution in [3.8, 4) is 0 Å². The molecule has 2 fully saturated rings. The third-order valence-corrected chi connectivity index (χ3v) is 6.63. The molecule has 1 unspecified atom stereocenters. The van der Waals surface area contributed by atoms with Crippen LogP contribution in [-0.4, -0.2) is 68.1 Å². The Morgan fingerprint density at radius 2 is 1.93 bits per heavy atom. The Bertz CT molecular complexity index is 673. The number of guanidine groups is 1. The summed E-state index contributed by atoms with van der Waals surface area (Å²) in [6.07, 6.45) is 4.83. The van der Waals surface area contributed by atoms with Crippen molar-refractivity contribution in [3.05, 3.63) is 33.8 Å². The van der Waals surface area contributed by atoms with E-state index in [1.54, 1.807) is 0 Å². The molecule has 5 nitrogen and oxygen atoms in total. The van der Waals surface area contributed by atoms with Crippen LogP contribution in [0.15, 0.2) is 23.2 Å². The summed E-state index contributed by atoms with van der Waals surface area (Å²) in [6, 6.07) is 6.41. The van der Waals surface area contributed by atoms with E-state index in [-0.39, 0.29) is 0 Å². The van der Waals surface area contributed by atoms with Gasteiger partial charge >= 0.3 is 0 Å². The monoisotopic (exact) mass is 439 g/mol. The third-order valence-electron chi connectivity index (χ3n) is 5.89. The molecule has 0 radical (unpaired) electrons. The second-order valence-electron chi connectivity index (χ2n) is 8.43. The lowest BCUT2D eigenvalue weighted by molar-refractivity contribution is 0.198. The summed E-state index contributed by atoms with van der Waals surface area (Å²) in [5, 5.41) is 8.35. The molecule has 3 rings (SSSR count). The Morgan fingerprint density at radius 1 is 1.14 bits per heavy atom. The number of halogens is 2. The highest BCUT2D eigenvalue weighted by atomic mass is 35.5. The van der Waals surface area contributed by atoms with Crippen molar-refractivity contribution >= 4 is 29.2 Å². The maximum absolute atomic E-state index is 6.15. The molecular weight excluding hydrogens is 405 g/mol. The van der Waals surface area contributed by atoms with E-state index in [9.17, 15) is 0 Å². The Balaban J connectivity index is 1.45. The molecule has 1 atom stereocenters. The lowest BCUT2D eigenvalue weighted by Crippen LogP contribution is -2.48. The normalized spacial score (nSPS) is 22.6. The molecule has 0 saturated carbocycles. The first-order valence-corrected chi connectivity index (χ1v) is 11.7. The van der Waals surface area contributed by atoms with Crippen molar-refractivity contribution in [1.82, 2.24) is 20.4 Å². The van der Waals surface area contributed by atoms with Crippen molar-refractivity contribution in [3.63, 3.8) is 0 Å². The van der Waals surface area contributed by atoms with E-state index >= 15 is 0 Å². The smallest absolute Gasteiger partial charge is 0.191 e. The first kappa shape index (κ1) is 22.7. The Morgan fingerprint density at radius 3 is 2.62 bits per heavy atom. The average Bonchev–Trinajstić information content (AvgIpc) is 2.71. The average molecular weight is 440 g/mol. The predicted molar refractivity (Wildman–Crippen MR) is 124 cm³/mol. The van der Waals surface area contributed by atoms with Crippen LogP contribution in [-0.2, 0) is 6.54 Å². The van der Waals surface area contributed by atoms with Crippen molar-refractivity contribution in [2.24, 2.45) is 10.9 Å². The van der Waals surface area contributed by atoms with Gasteiger partial charge < -0.3 is 15.5 Å². The SMILES string of the molecule is CCNC(=NCC1CCCN(C)C1)NC1CCN(Cc2ccc(Cl)c(Cl)c2)CC1. The highest BCUT2D eigenvalue weighted by molar-refractivity contribution is 6.42. The van der Waals surface area contributed by atoms with Crippen LogP contribution in [0.5, 0.6) is 0 Å². The number of aliphatic imine (C=N–C) groups is 1. The van der Waals surface area contributed by atoms with Gasteiger partial charge in [0.15, 0.2) is 5.96 Å². The van der Waals surface area contributed by atoms with Gasteiger partial charge in [-0.3, -0.25) is 9.89 Å². The lowest BCUT2D eigenvalue weighted by Gasteiger charge is -2.33. The zero-order chi connectivity index (χ0) is 20.6. The van der Waals surface area contributed by atoms with Gasteiger partial charge in [-0.1, -0.05) is 29.3 Å². The molecule has 2 aliphatic heterocycles. The molecular formula is C22H35Cl2N5. The second kappa shape index (κ2) is 11.4. The quantitative estimate of drug-likeness (QED) is 0.521. The first-order chi connectivity index (χ1) is 14.0. The molecule has 0 bridgehead atoms. The topological polar surface area (TPSA) is 42.9 Å². The summed E-state index contributed by atoms with van der Waals surface area (Å²) in [7, 11) is 2.21. The summed E-state index contributed by atoms with van der Waals surface area (Å²) in [6.45, 7) is 9.39. The molecule has 7 heteroatoms. The number of hydrogen-bond acceptors (Lipinski definition) is 3. The van der Waals surface area contributed by atoms with Crippen LogP contribution in [0.1, 0.15) is 38.2 Å². The molecule has 0 aliphatic carbocycles. The largest absolute Gasteiger partial charge is 0.357 e. The van der Waals surface area contributed by atoms with Gasteiger partial charge in [-0.15, -0.1) is 0 Å². The molecule has 2 heterocycles. The van der Waals surface area contributed by atoms with Crippen LogP contribution < -0.4 is 10.6 Å². The number of nitrogens with one attached hydrogen (secondary N) is 2. The summed E-state index contributed by atoms with van der Waals surface area (Å²) < 4.78 is 0. The van der Waals surface area contributed by atoms with Gasteiger partial charge in [-0.2, -0.15) is 0 Å². The Kier molecular flexibility index (Phi) is 8.91. The molecule has 2 aliphatic rings. The Hall–Kier alpha value is -1.01. The molecule has 1 aromatic carbocycles. The van der Waals surface area contributed by atoms with E-state index in [1.807, 2.05) is 12.1 Å². The molecule has 2 saturated heterocycles. The van der Waals surface area contributed by atoms with Crippen LogP contribution >= 0.6 is 23.2 Å². The van der Waals surface area contributed by atoms with E-state index in [1.165, 1.54) is 24.9 Å². The van der Waals surface area contributed by atoms with Gasteiger partial charge in [-0.05, 0) is 69.8 Å². The standard InChI is InChI=1S/C22H35Cl2N5/c1-3-25-22(26-14-18-5-4-10-28(2)15-18)27-19-8-11-29(12-9-19)16-17-6-7-20(23)21(24)13-17/h6-7,13,18-19H,3-5,8-12,14-16H2,1-2H3,(H2,25,26,27). The summed E-state index contributed by atoms with van der Waals surface area (Å²) >= 11 is 12.2. The summed E-state index contributed by atoms with van der Waals surface area (Å²) in [5.74, 6) is 1.65. The maximum Gasteiger partial charge on any atom is 0.191 e. The second-order valence-corrected chi connectivity index (χ2v) is 9.25. The molecule has 1 aromatic rings. The van der Waals surface area contributed by atoms with E-state index in [0.717, 1.165) is 58.1 Å². The molecule has 29 heavy (non-hydrogen) atoms. The number of hydrogen-bond donors (Lipinski definition) is 2. The van der Waals surface area contributed by atoms with Crippen LogP contribution in [0.3, 0.4) is 0 Å². The summed E-state index contributed by atoms with van der Waals surface area (Å²) in [5.41, 5.74) is 1.22. The number of rotatable bonds is 6. The van der Waals surface area contributed by atoms with E-state index < -0.39 is 0 Å².